The lowest BCUT2D eigenvalue weighted by atomic mass is 10.0. The Morgan fingerprint density at radius 1 is 1.42 bits per heavy atom. The smallest absolute Gasteiger partial charge is 0.386 e. The van der Waals surface area contributed by atoms with E-state index in [4.69, 9.17) is 0 Å². The minimum atomic E-state index is -4.87. The van der Waals surface area contributed by atoms with Crippen molar-refractivity contribution in [3.63, 3.8) is 0 Å². The zero-order valence-electron chi connectivity index (χ0n) is 10.5. The van der Waals surface area contributed by atoms with Crippen molar-refractivity contribution in [1.29, 1.82) is 0 Å². The third-order valence-electron chi connectivity index (χ3n) is 3.04. The normalized spacial score (nSPS) is 11.8. The molecular formula is C13H13F3N2O. The molecule has 0 bridgehead atoms. The first-order chi connectivity index (χ1) is 8.90. The van der Waals surface area contributed by atoms with Gasteiger partial charge in [0, 0.05) is 25.0 Å². The molecule has 0 radical (unpaired) electrons. The summed E-state index contributed by atoms with van der Waals surface area (Å²) in [6, 6.07) is 3.50. The predicted molar refractivity (Wildman–Crippen MR) is 66.7 cm³/mol. The molecule has 102 valence electrons. The number of Topliss-reactive ketones (excluding diaryl/α,β-unsaturated/α-hetero) is 1. The minimum absolute atomic E-state index is 0.303. The molecule has 0 aliphatic heterocycles. The van der Waals surface area contributed by atoms with Crippen LogP contribution in [0.2, 0.25) is 0 Å². The van der Waals surface area contributed by atoms with Crippen LogP contribution in [0.15, 0.2) is 24.5 Å². The first-order valence-electron chi connectivity index (χ1n) is 5.82. The van der Waals surface area contributed by atoms with E-state index in [-0.39, 0.29) is 5.56 Å². The van der Waals surface area contributed by atoms with E-state index in [0.29, 0.717) is 17.7 Å². The molecule has 2 rings (SSSR count). The molecule has 0 atom stereocenters. The molecule has 3 nitrogen and oxygen atoms in total. The number of halogens is 3. The van der Waals surface area contributed by atoms with Crippen LogP contribution in [0.25, 0.3) is 5.52 Å². The number of carbonyl (C=O) groups is 1. The number of ketones is 1. The lowest BCUT2D eigenvalue weighted by Crippen LogP contribution is -2.25. The molecule has 0 aromatic carbocycles. The fourth-order valence-electron chi connectivity index (χ4n) is 2.22. The van der Waals surface area contributed by atoms with Gasteiger partial charge in [-0.05, 0) is 24.1 Å². The van der Waals surface area contributed by atoms with E-state index in [0.717, 1.165) is 5.52 Å². The van der Waals surface area contributed by atoms with Gasteiger partial charge in [-0.25, -0.2) is 0 Å². The zero-order chi connectivity index (χ0) is 14.2. The van der Waals surface area contributed by atoms with Gasteiger partial charge in [0.1, 0.15) is 0 Å². The summed E-state index contributed by atoms with van der Waals surface area (Å²) < 4.78 is 39.4. The van der Waals surface area contributed by atoms with Gasteiger partial charge in [0.25, 0.3) is 5.78 Å². The third kappa shape index (κ3) is 2.18. The van der Waals surface area contributed by atoms with Gasteiger partial charge in [-0.2, -0.15) is 13.2 Å². The quantitative estimate of drug-likeness (QED) is 0.868. The molecule has 0 fully saturated rings. The molecule has 2 heterocycles. The highest BCUT2D eigenvalue weighted by Gasteiger charge is 2.41. The Bertz CT molecular complexity index is 629. The van der Waals surface area contributed by atoms with Crippen LogP contribution in [0.4, 0.5) is 18.9 Å². The van der Waals surface area contributed by atoms with Crippen molar-refractivity contribution in [2.45, 2.75) is 19.5 Å². The number of hydrogen-bond donors (Lipinski definition) is 1. The highest BCUT2D eigenvalue weighted by molar-refractivity contribution is 6.03. The van der Waals surface area contributed by atoms with E-state index in [1.807, 2.05) is 0 Å². The summed E-state index contributed by atoms with van der Waals surface area (Å²) in [5.74, 6) is -1.81. The van der Waals surface area contributed by atoms with Crippen molar-refractivity contribution >= 4 is 17.0 Å². The van der Waals surface area contributed by atoms with E-state index < -0.39 is 12.0 Å². The second-order valence-corrected chi connectivity index (χ2v) is 4.13. The SMILES string of the molecule is CCc1c(C(=O)C(F)(F)F)cn2cccc2c1NC. The van der Waals surface area contributed by atoms with Crippen molar-refractivity contribution in [2.75, 3.05) is 12.4 Å². The minimum Gasteiger partial charge on any atom is -0.386 e. The Hall–Kier alpha value is -1.98. The Morgan fingerprint density at radius 2 is 2.11 bits per heavy atom. The highest BCUT2D eigenvalue weighted by Crippen LogP contribution is 2.31. The molecule has 19 heavy (non-hydrogen) atoms. The van der Waals surface area contributed by atoms with Gasteiger partial charge in [-0.3, -0.25) is 4.79 Å². The fourth-order valence-corrected chi connectivity index (χ4v) is 2.22. The summed E-state index contributed by atoms with van der Waals surface area (Å²) in [7, 11) is 1.63. The van der Waals surface area contributed by atoms with Gasteiger partial charge in [-0.15, -0.1) is 0 Å². The zero-order valence-corrected chi connectivity index (χ0v) is 10.5. The molecular weight excluding hydrogens is 257 g/mol. The van der Waals surface area contributed by atoms with Gasteiger partial charge in [0.05, 0.1) is 11.2 Å². The van der Waals surface area contributed by atoms with Crippen LogP contribution < -0.4 is 5.32 Å². The summed E-state index contributed by atoms with van der Waals surface area (Å²) in [6.07, 6.45) is -1.67. The Kier molecular flexibility index (Phi) is 3.26. The van der Waals surface area contributed by atoms with Crippen LogP contribution in [0.3, 0.4) is 0 Å². The Labute approximate surface area is 108 Å². The number of rotatable bonds is 3. The number of hydrogen-bond acceptors (Lipinski definition) is 2. The van der Waals surface area contributed by atoms with E-state index in [1.165, 1.54) is 10.6 Å². The van der Waals surface area contributed by atoms with Gasteiger partial charge >= 0.3 is 6.18 Å². The molecule has 1 N–H and O–H groups in total. The average molecular weight is 270 g/mol. The van der Waals surface area contributed by atoms with Crippen LogP contribution in [-0.4, -0.2) is 23.4 Å². The van der Waals surface area contributed by atoms with Crippen molar-refractivity contribution < 1.29 is 18.0 Å². The number of anilines is 1. The number of nitrogens with zero attached hydrogens (tertiary/aromatic N) is 1. The summed E-state index contributed by atoms with van der Waals surface area (Å²) in [6.45, 7) is 1.72. The molecule has 6 heteroatoms. The first-order valence-corrected chi connectivity index (χ1v) is 5.82. The van der Waals surface area contributed by atoms with Crippen LogP contribution in [-0.2, 0) is 6.42 Å². The monoisotopic (exact) mass is 270 g/mol. The van der Waals surface area contributed by atoms with Crippen LogP contribution in [0.5, 0.6) is 0 Å². The summed E-state index contributed by atoms with van der Waals surface area (Å²) in [5.41, 5.74) is 1.39. The van der Waals surface area contributed by atoms with Crippen LogP contribution >= 0.6 is 0 Å². The lowest BCUT2D eigenvalue weighted by molar-refractivity contribution is -0.0886. The Morgan fingerprint density at radius 3 is 2.63 bits per heavy atom. The average Bonchev–Trinajstić information content (AvgIpc) is 2.81. The Balaban J connectivity index is 2.76. The van der Waals surface area contributed by atoms with E-state index >= 15 is 0 Å². The van der Waals surface area contributed by atoms with Gasteiger partial charge < -0.3 is 9.72 Å². The number of nitrogens with one attached hydrogen (secondary N) is 1. The molecule has 0 spiro atoms. The fraction of sp³-hybridized carbons (Fsp3) is 0.308. The second-order valence-electron chi connectivity index (χ2n) is 4.13. The van der Waals surface area contributed by atoms with Crippen LogP contribution in [0.1, 0.15) is 22.8 Å². The maximum Gasteiger partial charge on any atom is 0.454 e. The van der Waals surface area contributed by atoms with E-state index in [1.54, 1.807) is 32.3 Å². The maximum atomic E-state index is 12.6. The van der Waals surface area contributed by atoms with Crippen molar-refractivity contribution in [3.05, 3.63) is 35.7 Å². The number of carbonyl (C=O) groups excluding carboxylic acids is 1. The summed E-state index contributed by atoms with van der Waals surface area (Å²) in [5, 5.41) is 2.88. The summed E-state index contributed by atoms with van der Waals surface area (Å²) >= 11 is 0. The number of aromatic nitrogens is 1. The van der Waals surface area contributed by atoms with Crippen molar-refractivity contribution in [2.24, 2.45) is 0 Å². The van der Waals surface area contributed by atoms with Gasteiger partial charge in [-0.1, -0.05) is 6.92 Å². The highest BCUT2D eigenvalue weighted by atomic mass is 19.4. The molecule has 0 saturated carbocycles. The predicted octanol–water partition coefficient (Wildman–Crippen LogP) is 3.29. The van der Waals surface area contributed by atoms with Gasteiger partial charge in [0.15, 0.2) is 0 Å². The molecule has 0 aliphatic rings. The van der Waals surface area contributed by atoms with Crippen LogP contribution in [0, 0.1) is 0 Å². The number of alkyl halides is 3. The standard InChI is InChI=1S/C13H13F3N2O/c1-3-8-9(12(19)13(14,15)16)7-18-6-4-5-10(18)11(8)17-2/h4-7,17H,3H2,1-2H3. The molecule has 0 unspecified atom stereocenters. The molecule has 2 aromatic rings. The van der Waals surface area contributed by atoms with E-state index in [2.05, 4.69) is 5.32 Å². The van der Waals surface area contributed by atoms with Gasteiger partial charge in [0.2, 0.25) is 0 Å². The third-order valence-corrected chi connectivity index (χ3v) is 3.04. The second kappa shape index (κ2) is 4.60. The lowest BCUT2D eigenvalue weighted by Gasteiger charge is -2.16. The van der Waals surface area contributed by atoms with Crippen molar-refractivity contribution in [1.82, 2.24) is 4.40 Å². The first kappa shape index (κ1) is 13.5. The molecule has 0 amide bonds. The largest absolute Gasteiger partial charge is 0.454 e. The maximum absolute atomic E-state index is 12.6. The summed E-state index contributed by atoms with van der Waals surface area (Å²) in [4.78, 5) is 11.5. The molecule has 0 aliphatic carbocycles. The number of fused-ring (bicyclic) bond motifs is 1. The number of pyridine rings is 1. The molecule has 0 saturated heterocycles. The van der Waals surface area contributed by atoms with E-state index in [9.17, 15) is 18.0 Å². The van der Waals surface area contributed by atoms with Crippen molar-refractivity contribution in [3.8, 4) is 0 Å². The topological polar surface area (TPSA) is 33.5 Å². The molecule has 2 aromatic heterocycles.